The molecule has 0 aliphatic rings. The number of rotatable bonds is 4. The first kappa shape index (κ1) is 17.5. The molecule has 0 radical (unpaired) electrons. The number of carboxylic acid groups (broad SMARTS) is 1. The van der Waals surface area contributed by atoms with Gasteiger partial charge in [-0.1, -0.05) is 54.6 Å². The molecule has 0 fully saturated rings. The van der Waals surface area contributed by atoms with Crippen LogP contribution in [0, 0.1) is 0 Å². The van der Waals surface area contributed by atoms with Gasteiger partial charge in [0.05, 0.1) is 0 Å². The minimum atomic E-state index is -1.16. The van der Waals surface area contributed by atoms with E-state index < -0.39 is 23.7 Å². The van der Waals surface area contributed by atoms with Gasteiger partial charge in [0.2, 0.25) is 0 Å². The predicted octanol–water partition coefficient (Wildman–Crippen LogP) is 4.00. The molecule has 0 saturated carbocycles. The van der Waals surface area contributed by atoms with Crippen molar-refractivity contribution in [3.8, 4) is 11.1 Å². The second kappa shape index (κ2) is 7.17. The van der Waals surface area contributed by atoms with Crippen LogP contribution in [0.25, 0.3) is 11.1 Å². The van der Waals surface area contributed by atoms with Crippen LogP contribution < -0.4 is 5.32 Å². The van der Waals surface area contributed by atoms with Crippen molar-refractivity contribution in [1.29, 1.82) is 0 Å². The van der Waals surface area contributed by atoms with Gasteiger partial charge in [0.25, 0.3) is 0 Å². The van der Waals surface area contributed by atoms with Crippen molar-refractivity contribution < 1.29 is 19.4 Å². The molecule has 24 heavy (non-hydrogen) atoms. The zero-order chi connectivity index (χ0) is 17.7. The first-order valence-electron chi connectivity index (χ1n) is 7.64. The van der Waals surface area contributed by atoms with Crippen molar-refractivity contribution in [1.82, 2.24) is 5.32 Å². The van der Waals surface area contributed by atoms with E-state index in [-0.39, 0.29) is 0 Å². The molecule has 1 amide bonds. The lowest BCUT2D eigenvalue weighted by atomic mass is 10.0. The molecule has 0 aliphatic heterocycles. The van der Waals surface area contributed by atoms with E-state index in [4.69, 9.17) is 4.74 Å². The Labute approximate surface area is 141 Å². The Kier molecular flexibility index (Phi) is 5.24. The highest BCUT2D eigenvalue weighted by Gasteiger charge is 2.25. The molecule has 0 unspecified atom stereocenters. The summed E-state index contributed by atoms with van der Waals surface area (Å²) < 4.78 is 5.12. The molecular formula is C19H21NO4. The number of ether oxygens (including phenoxy) is 1. The monoisotopic (exact) mass is 327 g/mol. The van der Waals surface area contributed by atoms with Crippen molar-refractivity contribution in [2.45, 2.75) is 32.4 Å². The summed E-state index contributed by atoms with van der Waals surface area (Å²) in [6, 6.07) is 15.6. The molecule has 0 bridgehead atoms. The molecule has 5 heteroatoms. The number of carboxylic acids is 1. The van der Waals surface area contributed by atoms with Crippen LogP contribution in [-0.2, 0) is 9.53 Å². The molecule has 0 heterocycles. The van der Waals surface area contributed by atoms with Crippen LogP contribution in [0.2, 0.25) is 0 Å². The molecule has 2 rings (SSSR count). The topological polar surface area (TPSA) is 75.6 Å². The molecule has 2 aromatic rings. The van der Waals surface area contributed by atoms with Gasteiger partial charge in [-0.15, -0.1) is 0 Å². The van der Waals surface area contributed by atoms with Crippen LogP contribution >= 0.6 is 0 Å². The van der Waals surface area contributed by atoms with Crippen LogP contribution in [0.4, 0.5) is 4.79 Å². The van der Waals surface area contributed by atoms with E-state index in [1.165, 1.54) is 0 Å². The number of hydrogen-bond donors (Lipinski definition) is 2. The number of nitrogens with one attached hydrogen (secondary N) is 1. The third-order valence-corrected chi connectivity index (χ3v) is 3.26. The zero-order valence-corrected chi connectivity index (χ0v) is 13.9. The first-order chi connectivity index (χ1) is 11.3. The smallest absolute Gasteiger partial charge is 0.408 e. The summed E-state index contributed by atoms with van der Waals surface area (Å²) in [6.07, 6.45) is -0.762. The minimum Gasteiger partial charge on any atom is -0.479 e. The van der Waals surface area contributed by atoms with Gasteiger partial charge in [-0.2, -0.15) is 0 Å². The second-order valence-electron chi connectivity index (χ2n) is 6.41. The minimum absolute atomic E-state index is 0.480. The lowest BCUT2D eigenvalue weighted by Gasteiger charge is -2.22. The van der Waals surface area contributed by atoms with Crippen LogP contribution in [0.5, 0.6) is 0 Å². The standard InChI is InChI=1S/C19H21NO4/c1-19(2,3)24-18(23)20-16(17(21)22)15-11-9-14(10-12-15)13-7-5-4-6-8-13/h4-12,16H,1-3H3,(H,20,23)(H,21,22)/t16-/m1/s1. The maximum Gasteiger partial charge on any atom is 0.408 e. The quantitative estimate of drug-likeness (QED) is 0.890. The third kappa shape index (κ3) is 4.84. The van der Waals surface area contributed by atoms with Crippen LogP contribution in [-0.4, -0.2) is 22.8 Å². The van der Waals surface area contributed by atoms with Gasteiger partial charge in [-0.25, -0.2) is 9.59 Å². The predicted molar refractivity (Wildman–Crippen MR) is 91.6 cm³/mol. The number of carbonyl (C=O) groups is 2. The molecule has 5 nitrogen and oxygen atoms in total. The molecule has 0 aromatic heterocycles. The Morgan fingerprint density at radius 2 is 1.50 bits per heavy atom. The summed E-state index contributed by atoms with van der Waals surface area (Å²) in [5, 5.41) is 11.8. The molecule has 0 saturated heterocycles. The summed E-state index contributed by atoms with van der Waals surface area (Å²) >= 11 is 0. The van der Waals surface area contributed by atoms with Crippen molar-refractivity contribution in [2.24, 2.45) is 0 Å². The maximum atomic E-state index is 11.8. The SMILES string of the molecule is CC(C)(C)OC(=O)N[C@@H](C(=O)O)c1ccc(-c2ccccc2)cc1. The van der Waals surface area contributed by atoms with Gasteiger partial charge in [0.1, 0.15) is 5.60 Å². The van der Waals surface area contributed by atoms with E-state index in [0.29, 0.717) is 5.56 Å². The van der Waals surface area contributed by atoms with E-state index in [2.05, 4.69) is 5.32 Å². The van der Waals surface area contributed by atoms with Crippen LogP contribution in [0.15, 0.2) is 54.6 Å². The highest BCUT2D eigenvalue weighted by molar-refractivity contribution is 5.81. The molecule has 1 atom stereocenters. The normalized spacial score (nSPS) is 12.3. The molecular weight excluding hydrogens is 306 g/mol. The van der Waals surface area contributed by atoms with Gasteiger partial charge in [-0.05, 0) is 37.5 Å². The van der Waals surface area contributed by atoms with Crippen LogP contribution in [0.3, 0.4) is 0 Å². The van der Waals surface area contributed by atoms with E-state index in [1.807, 2.05) is 42.5 Å². The average molecular weight is 327 g/mol. The second-order valence-corrected chi connectivity index (χ2v) is 6.41. The summed E-state index contributed by atoms with van der Waals surface area (Å²) in [6.45, 7) is 5.16. The fraction of sp³-hybridized carbons (Fsp3) is 0.263. The highest BCUT2D eigenvalue weighted by atomic mass is 16.6. The summed E-state index contributed by atoms with van der Waals surface area (Å²) in [5.74, 6) is -1.15. The molecule has 2 N–H and O–H groups in total. The van der Waals surface area contributed by atoms with Crippen LogP contribution in [0.1, 0.15) is 32.4 Å². The Morgan fingerprint density at radius 3 is 2.00 bits per heavy atom. The number of hydrogen-bond acceptors (Lipinski definition) is 3. The van der Waals surface area contributed by atoms with E-state index in [1.54, 1.807) is 32.9 Å². The van der Waals surface area contributed by atoms with E-state index >= 15 is 0 Å². The Hall–Kier alpha value is -2.82. The van der Waals surface area contributed by atoms with Gasteiger partial charge in [-0.3, -0.25) is 0 Å². The van der Waals surface area contributed by atoms with Crippen molar-refractivity contribution in [3.05, 3.63) is 60.2 Å². The summed E-state index contributed by atoms with van der Waals surface area (Å²) in [4.78, 5) is 23.3. The maximum absolute atomic E-state index is 11.8. The number of aliphatic carboxylic acids is 1. The van der Waals surface area contributed by atoms with Gasteiger partial charge in [0, 0.05) is 0 Å². The Bertz CT molecular complexity index is 702. The number of amides is 1. The number of carbonyl (C=O) groups excluding carboxylic acids is 1. The van der Waals surface area contributed by atoms with Crippen molar-refractivity contribution in [3.63, 3.8) is 0 Å². The van der Waals surface area contributed by atoms with Gasteiger partial charge >= 0.3 is 12.1 Å². The van der Waals surface area contributed by atoms with E-state index in [0.717, 1.165) is 11.1 Å². The van der Waals surface area contributed by atoms with E-state index in [9.17, 15) is 14.7 Å². The number of alkyl carbamates (subject to hydrolysis) is 1. The summed E-state index contributed by atoms with van der Waals surface area (Å²) in [5.41, 5.74) is 1.80. The Balaban J connectivity index is 2.17. The molecule has 0 aliphatic carbocycles. The average Bonchev–Trinajstić information content (AvgIpc) is 2.52. The Morgan fingerprint density at radius 1 is 0.958 bits per heavy atom. The fourth-order valence-corrected chi connectivity index (χ4v) is 2.21. The molecule has 126 valence electrons. The highest BCUT2D eigenvalue weighted by Crippen LogP contribution is 2.22. The fourth-order valence-electron chi connectivity index (χ4n) is 2.21. The lowest BCUT2D eigenvalue weighted by Crippen LogP contribution is -2.38. The molecule has 0 spiro atoms. The summed E-state index contributed by atoms with van der Waals surface area (Å²) in [7, 11) is 0. The first-order valence-corrected chi connectivity index (χ1v) is 7.64. The van der Waals surface area contributed by atoms with Gasteiger partial charge in [0.15, 0.2) is 6.04 Å². The lowest BCUT2D eigenvalue weighted by molar-refractivity contribution is -0.139. The zero-order valence-electron chi connectivity index (χ0n) is 13.9. The largest absolute Gasteiger partial charge is 0.479 e. The van der Waals surface area contributed by atoms with Crippen molar-refractivity contribution in [2.75, 3.05) is 0 Å². The third-order valence-electron chi connectivity index (χ3n) is 3.26. The van der Waals surface area contributed by atoms with Gasteiger partial charge < -0.3 is 15.2 Å². The van der Waals surface area contributed by atoms with Crippen molar-refractivity contribution >= 4 is 12.1 Å². The number of benzene rings is 2. The molecule has 2 aromatic carbocycles.